The molecule has 0 spiro atoms. The van der Waals surface area contributed by atoms with E-state index in [2.05, 4.69) is 4.98 Å². The van der Waals surface area contributed by atoms with Crippen molar-refractivity contribution in [2.45, 2.75) is 12.3 Å². The maximum atomic E-state index is 12.6. The number of ether oxygens (including phenoxy) is 1. The lowest BCUT2D eigenvalue weighted by atomic mass is 10.1. The van der Waals surface area contributed by atoms with Gasteiger partial charge in [0.1, 0.15) is 5.69 Å². The third kappa shape index (κ3) is 2.34. The average molecular weight is 233 g/mol. The van der Waals surface area contributed by atoms with Gasteiger partial charge in [0, 0.05) is 11.6 Å². The molecule has 6 heteroatoms. The summed E-state index contributed by atoms with van der Waals surface area (Å²) in [6, 6.07) is 3.06. The minimum absolute atomic E-state index is 0.0179. The first-order valence-corrected chi connectivity index (χ1v) is 4.49. The lowest BCUT2D eigenvalue weighted by Crippen LogP contribution is -2.02. The highest BCUT2D eigenvalue weighted by molar-refractivity contribution is 6.17. The van der Waals surface area contributed by atoms with E-state index in [4.69, 9.17) is 21.6 Å². The van der Waals surface area contributed by atoms with Crippen LogP contribution in [0.4, 0.5) is 8.78 Å². The molecule has 0 saturated carbocycles. The molecule has 0 aliphatic carbocycles. The summed E-state index contributed by atoms with van der Waals surface area (Å²) in [5, 5.41) is 8.74. The SMILES string of the molecule is COc1cc(C#N)c(CCl)c(C(F)F)n1. The topological polar surface area (TPSA) is 45.9 Å². The molecule has 0 unspecified atom stereocenters. The van der Waals surface area contributed by atoms with E-state index in [-0.39, 0.29) is 22.9 Å². The van der Waals surface area contributed by atoms with Crippen LogP contribution in [0.3, 0.4) is 0 Å². The summed E-state index contributed by atoms with van der Waals surface area (Å²) in [4.78, 5) is 3.56. The van der Waals surface area contributed by atoms with Crippen LogP contribution in [0.15, 0.2) is 6.07 Å². The van der Waals surface area contributed by atoms with E-state index in [0.29, 0.717) is 0 Å². The van der Waals surface area contributed by atoms with Crippen molar-refractivity contribution in [3.8, 4) is 11.9 Å². The van der Waals surface area contributed by atoms with Gasteiger partial charge in [0.15, 0.2) is 0 Å². The number of nitriles is 1. The maximum absolute atomic E-state index is 12.6. The van der Waals surface area contributed by atoms with Crippen LogP contribution in [0, 0.1) is 11.3 Å². The lowest BCUT2D eigenvalue weighted by molar-refractivity contribution is 0.144. The van der Waals surface area contributed by atoms with E-state index >= 15 is 0 Å². The molecule has 0 bridgehead atoms. The van der Waals surface area contributed by atoms with E-state index in [0.717, 1.165) is 0 Å². The van der Waals surface area contributed by atoms with Gasteiger partial charge >= 0.3 is 0 Å². The number of pyridine rings is 1. The predicted molar refractivity (Wildman–Crippen MR) is 50.0 cm³/mol. The van der Waals surface area contributed by atoms with E-state index in [1.807, 2.05) is 0 Å². The van der Waals surface area contributed by atoms with Crippen molar-refractivity contribution in [1.29, 1.82) is 5.26 Å². The first-order chi connectivity index (χ1) is 7.13. The van der Waals surface area contributed by atoms with Crippen molar-refractivity contribution in [2.24, 2.45) is 0 Å². The van der Waals surface area contributed by atoms with Crippen molar-refractivity contribution >= 4 is 11.6 Å². The van der Waals surface area contributed by atoms with Gasteiger partial charge in [-0.3, -0.25) is 0 Å². The number of aromatic nitrogens is 1. The van der Waals surface area contributed by atoms with Gasteiger partial charge in [-0.25, -0.2) is 13.8 Å². The quantitative estimate of drug-likeness (QED) is 0.753. The molecule has 3 nitrogen and oxygen atoms in total. The van der Waals surface area contributed by atoms with E-state index in [1.54, 1.807) is 6.07 Å². The van der Waals surface area contributed by atoms with Crippen LogP contribution in [-0.2, 0) is 5.88 Å². The maximum Gasteiger partial charge on any atom is 0.280 e. The van der Waals surface area contributed by atoms with Gasteiger partial charge in [-0.15, -0.1) is 11.6 Å². The third-order valence-electron chi connectivity index (χ3n) is 1.80. The largest absolute Gasteiger partial charge is 0.481 e. The number of methoxy groups -OCH3 is 1. The van der Waals surface area contributed by atoms with Crippen molar-refractivity contribution < 1.29 is 13.5 Å². The molecular weight excluding hydrogens is 226 g/mol. The molecule has 1 aromatic rings. The summed E-state index contributed by atoms with van der Waals surface area (Å²) in [6.45, 7) is 0. The fourth-order valence-corrected chi connectivity index (χ4v) is 1.37. The van der Waals surface area contributed by atoms with Crippen molar-refractivity contribution in [3.63, 3.8) is 0 Å². The minimum Gasteiger partial charge on any atom is -0.481 e. The van der Waals surface area contributed by atoms with Crippen LogP contribution in [0.5, 0.6) is 5.88 Å². The molecular formula is C9H7ClF2N2O. The lowest BCUT2D eigenvalue weighted by Gasteiger charge is -2.09. The van der Waals surface area contributed by atoms with Crippen molar-refractivity contribution in [1.82, 2.24) is 4.98 Å². The van der Waals surface area contributed by atoms with Gasteiger partial charge in [0.2, 0.25) is 5.88 Å². The molecule has 0 saturated heterocycles. The highest BCUT2D eigenvalue weighted by Gasteiger charge is 2.19. The molecule has 80 valence electrons. The van der Waals surface area contributed by atoms with Crippen molar-refractivity contribution in [2.75, 3.05) is 7.11 Å². The average Bonchev–Trinajstić information content (AvgIpc) is 2.26. The standard InChI is InChI=1S/C9H7ClF2N2O/c1-15-7-2-5(4-13)6(3-10)8(14-7)9(11)12/h2,9H,3H2,1H3. The van der Waals surface area contributed by atoms with Crippen LogP contribution >= 0.6 is 11.6 Å². The molecule has 0 amide bonds. The molecule has 0 N–H and O–H groups in total. The zero-order chi connectivity index (χ0) is 11.4. The van der Waals surface area contributed by atoms with Gasteiger partial charge < -0.3 is 4.74 Å². The summed E-state index contributed by atoms with van der Waals surface area (Å²) in [5.41, 5.74) is -0.386. The first kappa shape index (κ1) is 11.7. The fraction of sp³-hybridized carbons (Fsp3) is 0.333. The Morgan fingerprint density at radius 1 is 1.67 bits per heavy atom. The van der Waals surface area contributed by atoms with Gasteiger partial charge in [-0.2, -0.15) is 5.26 Å². The highest BCUT2D eigenvalue weighted by atomic mass is 35.5. The van der Waals surface area contributed by atoms with Gasteiger partial charge in [0.05, 0.1) is 24.6 Å². The number of halogens is 3. The third-order valence-corrected chi connectivity index (χ3v) is 2.07. The Kier molecular flexibility index (Phi) is 3.81. The molecule has 1 heterocycles. The molecule has 0 fully saturated rings. The van der Waals surface area contributed by atoms with Crippen LogP contribution in [0.2, 0.25) is 0 Å². The second-order valence-electron chi connectivity index (χ2n) is 2.62. The Morgan fingerprint density at radius 2 is 2.33 bits per heavy atom. The van der Waals surface area contributed by atoms with E-state index in [1.165, 1.54) is 13.2 Å². The number of alkyl halides is 3. The zero-order valence-corrected chi connectivity index (χ0v) is 8.55. The summed E-state index contributed by atoms with van der Waals surface area (Å²) in [5.74, 6) is -0.199. The van der Waals surface area contributed by atoms with Crippen LogP contribution in [0.1, 0.15) is 23.2 Å². The highest BCUT2D eigenvalue weighted by Crippen LogP contribution is 2.27. The summed E-state index contributed by atoms with van der Waals surface area (Å²) in [7, 11) is 1.29. The molecule has 0 radical (unpaired) electrons. The van der Waals surface area contributed by atoms with Crippen LogP contribution in [0.25, 0.3) is 0 Å². The normalized spacial score (nSPS) is 10.1. The number of rotatable bonds is 3. The Balaban J connectivity index is 3.41. The smallest absolute Gasteiger partial charge is 0.280 e. The number of nitrogens with zero attached hydrogens (tertiary/aromatic N) is 2. The number of hydrogen-bond donors (Lipinski definition) is 0. The molecule has 0 aliphatic heterocycles. The van der Waals surface area contributed by atoms with Crippen molar-refractivity contribution in [3.05, 3.63) is 22.9 Å². The second-order valence-corrected chi connectivity index (χ2v) is 2.89. The van der Waals surface area contributed by atoms with Gasteiger partial charge in [-0.05, 0) is 0 Å². The molecule has 1 rings (SSSR count). The van der Waals surface area contributed by atoms with Gasteiger partial charge in [0.25, 0.3) is 6.43 Å². The monoisotopic (exact) mass is 232 g/mol. The molecule has 1 aromatic heterocycles. The van der Waals surface area contributed by atoms with E-state index < -0.39 is 12.1 Å². The number of hydrogen-bond acceptors (Lipinski definition) is 3. The molecule has 15 heavy (non-hydrogen) atoms. The first-order valence-electron chi connectivity index (χ1n) is 3.96. The minimum atomic E-state index is -2.78. The molecule has 0 atom stereocenters. The molecule has 0 aliphatic rings. The Labute approximate surface area is 90.3 Å². The fourth-order valence-electron chi connectivity index (χ4n) is 1.09. The van der Waals surface area contributed by atoms with Crippen LogP contribution in [-0.4, -0.2) is 12.1 Å². The Bertz CT molecular complexity index is 404. The Morgan fingerprint density at radius 3 is 2.73 bits per heavy atom. The van der Waals surface area contributed by atoms with Crippen LogP contribution < -0.4 is 4.74 Å². The second kappa shape index (κ2) is 4.89. The summed E-state index contributed by atoms with van der Waals surface area (Å²) in [6.07, 6.45) is -2.78. The van der Waals surface area contributed by atoms with E-state index in [9.17, 15) is 8.78 Å². The zero-order valence-electron chi connectivity index (χ0n) is 7.80. The molecule has 0 aromatic carbocycles. The predicted octanol–water partition coefficient (Wildman–Crippen LogP) is 2.64. The summed E-state index contributed by atoms with van der Waals surface area (Å²) < 4.78 is 29.8. The van der Waals surface area contributed by atoms with Gasteiger partial charge in [-0.1, -0.05) is 0 Å². The Hall–Kier alpha value is -1.41. The summed E-state index contributed by atoms with van der Waals surface area (Å²) >= 11 is 5.49.